The molecule has 0 saturated carbocycles. The number of hydrogen-bond donors (Lipinski definition) is 0. The predicted molar refractivity (Wildman–Crippen MR) is 72.9 cm³/mol. The molecule has 1 aliphatic rings. The maximum Gasteiger partial charge on any atom is 0.151 e. The van der Waals surface area contributed by atoms with Crippen LogP contribution in [0.2, 0.25) is 0 Å². The van der Waals surface area contributed by atoms with E-state index in [4.69, 9.17) is 16.3 Å². The zero-order valence-corrected chi connectivity index (χ0v) is 11.5. The second kappa shape index (κ2) is 5.10. The number of aromatic nitrogens is 2. The van der Waals surface area contributed by atoms with Crippen LogP contribution in [0.3, 0.4) is 0 Å². The Balaban J connectivity index is 2.13. The monoisotopic (exact) mass is 282 g/mol. The molecule has 0 N–H and O–H groups in total. The summed E-state index contributed by atoms with van der Waals surface area (Å²) in [7, 11) is 0. The van der Waals surface area contributed by atoms with Crippen molar-refractivity contribution in [1.29, 1.82) is 0 Å². The van der Waals surface area contributed by atoms with Gasteiger partial charge in [-0.15, -0.1) is 11.6 Å². The van der Waals surface area contributed by atoms with Crippen molar-refractivity contribution in [3.63, 3.8) is 0 Å². The molecule has 1 aliphatic heterocycles. The molecule has 0 aliphatic carbocycles. The molecule has 1 fully saturated rings. The van der Waals surface area contributed by atoms with Crippen molar-refractivity contribution in [1.82, 2.24) is 9.55 Å². The summed E-state index contributed by atoms with van der Waals surface area (Å²) in [5.41, 5.74) is 1.24. The number of halogens is 2. The first kappa shape index (κ1) is 12.9. The van der Waals surface area contributed by atoms with E-state index < -0.39 is 0 Å². The van der Waals surface area contributed by atoms with Crippen molar-refractivity contribution >= 4 is 22.6 Å². The SMILES string of the molecule is CC1CC(n2c(CCl)nc3c(F)cccc32)CCO1. The third kappa shape index (κ3) is 2.23. The van der Waals surface area contributed by atoms with Gasteiger partial charge in [0.25, 0.3) is 0 Å². The third-order valence-corrected chi connectivity index (χ3v) is 3.93. The Morgan fingerprint density at radius 1 is 1.53 bits per heavy atom. The molecule has 19 heavy (non-hydrogen) atoms. The lowest BCUT2D eigenvalue weighted by molar-refractivity contribution is 0.00633. The van der Waals surface area contributed by atoms with E-state index in [1.807, 2.05) is 6.07 Å². The van der Waals surface area contributed by atoms with Gasteiger partial charge < -0.3 is 9.30 Å². The topological polar surface area (TPSA) is 27.1 Å². The molecule has 0 amide bonds. The van der Waals surface area contributed by atoms with Crippen molar-refractivity contribution in [2.75, 3.05) is 6.61 Å². The number of imidazole rings is 1. The van der Waals surface area contributed by atoms with Gasteiger partial charge in [0, 0.05) is 12.6 Å². The molecule has 3 nitrogen and oxygen atoms in total. The summed E-state index contributed by atoms with van der Waals surface area (Å²) in [5, 5.41) is 0. The molecular weight excluding hydrogens is 267 g/mol. The van der Waals surface area contributed by atoms with E-state index in [0.717, 1.165) is 30.8 Å². The first-order valence-corrected chi connectivity index (χ1v) is 7.07. The van der Waals surface area contributed by atoms with Crippen molar-refractivity contribution < 1.29 is 9.13 Å². The highest BCUT2D eigenvalue weighted by Crippen LogP contribution is 2.31. The van der Waals surface area contributed by atoms with Crippen LogP contribution < -0.4 is 0 Å². The van der Waals surface area contributed by atoms with E-state index in [2.05, 4.69) is 16.5 Å². The van der Waals surface area contributed by atoms with Crippen molar-refractivity contribution in [3.05, 3.63) is 29.8 Å². The van der Waals surface area contributed by atoms with Crippen molar-refractivity contribution in [3.8, 4) is 0 Å². The van der Waals surface area contributed by atoms with Crippen LogP contribution in [0.15, 0.2) is 18.2 Å². The molecular formula is C14H16ClFN2O. The van der Waals surface area contributed by atoms with Crippen LogP contribution in [0.4, 0.5) is 4.39 Å². The van der Waals surface area contributed by atoms with E-state index in [0.29, 0.717) is 11.4 Å². The summed E-state index contributed by atoms with van der Waals surface area (Å²) in [4.78, 5) is 4.35. The van der Waals surface area contributed by atoms with Crippen molar-refractivity contribution in [2.45, 2.75) is 37.8 Å². The van der Waals surface area contributed by atoms with Gasteiger partial charge in [0.2, 0.25) is 0 Å². The Morgan fingerprint density at radius 3 is 3.11 bits per heavy atom. The van der Waals surface area contributed by atoms with Gasteiger partial charge in [-0.25, -0.2) is 9.37 Å². The molecule has 1 saturated heterocycles. The lowest BCUT2D eigenvalue weighted by Crippen LogP contribution is -2.26. The molecule has 2 heterocycles. The van der Waals surface area contributed by atoms with E-state index in [-0.39, 0.29) is 18.0 Å². The normalized spacial score (nSPS) is 23.9. The molecule has 0 bridgehead atoms. The molecule has 0 spiro atoms. The Labute approximate surface area is 116 Å². The molecule has 2 aromatic rings. The summed E-state index contributed by atoms with van der Waals surface area (Å²) in [6.45, 7) is 2.79. The molecule has 1 aromatic heterocycles. The molecule has 102 valence electrons. The Hall–Kier alpha value is -1.13. The fourth-order valence-electron chi connectivity index (χ4n) is 2.84. The highest BCUT2D eigenvalue weighted by atomic mass is 35.5. The lowest BCUT2D eigenvalue weighted by atomic mass is 10.0. The summed E-state index contributed by atoms with van der Waals surface area (Å²) >= 11 is 5.97. The number of para-hydroxylation sites is 1. The van der Waals surface area contributed by atoms with Crippen LogP contribution in [0.5, 0.6) is 0 Å². The summed E-state index contributed by atoms with van der Waals surface area (Å²) < 4.78 is 21.5. The van der Waals surface area contributed by atoms with Crippen LogP contribution in [0.25, 0.3) is 11.0 Å². The fourth-order valence-corrected chi connectivity index (χ4v) is 3.03. The quantitative estimate of drug-likeness (QED) is 0.786. The zero-order chi connectivity index (χ0) is 13.4. The van der Waals surface area contributed by atoms with Crippen LogP contribution in [-0.2, 0) is 10.6 Å². The number of hydrogen-bond acceptors (Lipinski definition) is 2. The lowest BCUT2D eigenvalue weighted by Gasteiger charge is -2.29. The zero-order valence-electron chi connectivity index (χ0n) is 10.8. The molecule has 2 atom stereocenters. The minimum atomic E-state index is -0.289. The Bertz CT molecular complexity index is 598. The molecule has 0 radical (unpaired) electrons. The number of alkyl halides is 1. The standard InChI is InChI=1S/C14H16ClFN2O/c1-9-7-10(5-6-19-9)18-12-4-2-3-11(16)14(12)17-13(18)8-15/h2-4,9-10H,5-8H2,1H3. The number of fused-ring (bicyclic) bond motifs is 1. The van der Waals surface area contributed by atoms with Gasteiger partial charge in [-0.3, -0.25) is 0 Å². The number of ether oxygens (including phenoxy) is 1. The Morgan fingerprint density at radius 2 is 2.37 bits per heavy atom. The van der Waals surface area contributed by atoms with E-state index in [1.54, 1.807) is 6.07 Å². The van der Waals surface area contributed by atoms with Crippen molar-refractivity contribution in [2.24, 2.45) is 0 Å². The fraction of sp³-hybridized carbons (Fsp3) is 0.500. The number of rotatable bonds is 2. The van der Waals surface area contributed by atoms with E-state index in [9.17, 15) is 4.39 Å². The van der Waals surface area contributed by atoms with Gasteiger partial charge in [0.1, 0.15) is 11.3 Å². The van der Waals surface area contributed by atoms with Crippen LogP contribution in [-0.4, -0.2) is 22.3 Å². The van der Waals surface area contributed by atoms with E-state index in [1.165, 1.54) is 6.07 Å². The van der Waals surface area contributed by atoms with Gasteiger partial charge >= 0.3 is 0 Å². The largest absolute Gasteiger partial charge is 0.378 e. The number of benzene rings is 1. The highest BCUT2D eigenvalue weighted by Gasteiger charge is 2.25. The summed E-state index contributed by atoms with van der Waals surface area (Å²) in [6, 6.07) is 5.34. The van der Waals surface area contributed by atoms with Crippen LogP contribution in [0, 0.1) is 5.82 Å². The van der Waals surface area contributed by atoms with Gasteiger partial charge in [0.15, 0.2) is 5.82 Å². The maximum atomic E-state index is 13.8. The smallest absolute Gasteiger partial charge is 0.151 e. The second-order valence-corrected chi connectivity index (χ2v) is 5.27. The van der Waals surface area contributed by atoms with Gasteiger partial charge in [-0.1, -0.05) is 6.07 Å². The summed E-state index contributed by atoms with van der Waals surface area (Å²) in [5.74, 6) is 0.739. The Kier molecular flexibility index (Phi) is 3.46. The second-order valence-electron chi connectivity index (χ2n) is 5.00. The van der Waals surface area contributed by atoms with Gasteiger partial charge in [0.05, 0.1) is 17.5 Å². The molecule has 2 unspecified atom stereocenters. The first-order valence-electron chi connectivity index (χ1n) is 6.53. The first-order chi connectivity index (χ1) is 9.20. The number of nitrogens with zero attached hydrogens (tertiary/aromatic N) is 2. The molecule has 3 rings (SSSR count). The minimum absolute atomic E-state index is 0.216. The third-order valence-electron chi connectivity index (χ3n) is 3.69. The molecule has 5 heteroatoms. The average Bonchev–Trinajstić information content (AvgIpc) is 2.78. The van der Waals surface area contributed by atoms with Gasteiger partial charge in [-0.05, 0) is 31.9 Å². The highest BCUT2D eigenvalue weighted by molar-refractivity contribution is 6.16. The molecule has 1 aromatic carbocycles. The maximum absolute atomic E-state index is 13.8. The van der Waals surface area contributed by atoms with Gasteiger partial charge in [-0.2, -0.15) is 0 Å². The van der Waals surface area contributed by atoms with Crippen LogP contribution >= 0.6 is 11.6 Å². The average molecular weight is 283 g/mol. The minimum Gasteiger partial charge on any atom is -0.378 e. The van der Waals surface area contributed by atoms with E-state index >= 15 is 0 Å². The summed E-state index contributed by atoms with van der Waals surface area (Å²) in [6.07, 6.45) is 2.04. The predicted octanol–water partition coefficient (Wildman–Crippen LogP) is 3.65. The van der Waals surface area contributed by atoms with Crippen LogP contribution in [0.1, 0.15) is 31.6 Å².